The first-order chi connectivity index (χ1) is 8.81. The number of esters is 1. The number of hydrogen-bond donors (Lipinski definition) is 0. The molecule has 1 unspecified atom stereocenters. The van der Waals surface area contributed by atoms with Gasteiger partial charge in [-0.15, -0.1) is 0 Å². The standard InChI is InChI=1S/C12H14F3NO3/c1-3-8-5-6-9(10(17)19-4-2)16(7-8)11(18)12(13,14)15/h3,5,9H,1,4,6-7H2,2H3. The fraction of sp³-hybridized carbons (Fsp3) is 0.500. The highest BCUT2D eigenvalue weighted by molar-refractivity contribution is 5.88. The monoisotopic (exact) mass is 277 g/mol. The fourth-order valence-corrected chi connectivity index (χ4v) is 1.75. The third-order valence-corrected chi connectivity index (χ3v) is 2.66. The normalized spacial score (nSPS) is 19.7. The molecule has 4 nitrogen and oxygen atoms in total. The lowest BCUT2D eigenvalue weighted by molar-refractivity contribution is -0.190. The minimum Gasteiger partial charge on any atom is -0.464 e. The predicted molar refractivity (Wildman–Crippen MR) is 61.1 cm³/mol. The summed E-state index contributed by atoms with van der Waals surface area (Å²) in [4.78, 5) is 23.4. The topological polar surface area (TPSA) is 46.6 Å². The number of carbonyl (C=O) groups excluding carboxylic acids is 2. The second-order valence-electron chi connectivity index (χ2n) is 3.92. The molecule has 1 atom stereocenters. The fourth-order valence-electron chi connectivity index (χ4n) is 1.75. The van der Waals surface area contributed by atoms with Crippen molar-refractivity contribution < 1.29 is 27.5 Å². The molecule has 1 heterocycles. The van der Waals surface area contributed by atoms with Crippen LogP contribution in [0, 0.1) is 0 Å². The average molecular weight is 277 g/mol. The minimum absolute atomic E-state index is 0.0119. The summed E-state index contributed by atoms with van der Waals surface area (Å²) in [6.45, 7) is 4.73. The second kappa shape index (κ2) is 5.90. The van der Waals surface area contributed by atoms with Gasteiger partial charge in [-0.2, -0.15) is 13.2 Å². The van der Waals surface area contributed by atoms with Crippen LogP contribution in [-0.2, 0) is 14.3 Å². The Balaban J connectivity index is 3.00. The molecule has 0 aromatic heterocycles. The van der Waals surface area contributed by atoms with Gasteiger partial charge in [0.2, 0.25) is 0 Å². The van der Waals surface area contributed by atoms with Crippen molar-refractivity contribution in [1.82, 2.24) is 4.90 Å². The summed E-state index contributed by atoms with van der Waals surface area (Å²) in [5.74, 6) is -2.88. The lowest BCUT2D eigenvalue weighted by atomic mass is 10.0. The quantitative estimate of drug-likeness (QED) is 0.739. The highest BCUT2D eigenvalue weighted by atomic mass is 19.4. The van der Waals surface area contributed by atoms with Crippen molar-refractivity contribution in [3.8, 4) is 0 Å². The number of nitrogens with zero attached hydrogens (tertiary/aromatic N) is 1. The average Bonchev–Trinajstić information content (AvgIpc) is 2.36. The molecule has 0 aliphatic carbocycles. The highest BCUT2D eigenvalue weighted by Gasteiger charge is 2.47. The van der Waals surface area contributed by atoms with Crippen LogP contribution in [0.15, 0.2) is 24.3 Å². The Bertz CT molecular complexity index is 415. The molecule has 0 radical (unpaired) electrons. The summed E-state index contributed by atoms with van der Waals surface area (Å²) in [7, 11) is 0. The van der Waals surface area contributed by atoms with Crippen molar-refractivity contribution in [2.24, 2.45) is 0 Å². The summed E-state index contributed by atoms with van der Waals surface area (Å²) >= 11 is 0. The van der Waals surface area contributed by atoms with Gasteiger partial charge in [0.1, 0.15) is 6.04 Å². The van der Waals surface area contributed by atoms with Crippen molar-refractivity contribution in [2.45, 2.75) is 25.6 Å². The van der Waals surface area contributed by atoms with Gasteiger partial charge in [0, 0.05) is 6.54 Å². The maximum absolute atomic E-state index is 12.5. The van der Waals surface area contributed by atoms with Crippen LogP contribution < -0.4 is 0 Å². The molecule has 0 saturated carbocycles. The third-order valence-electron chi connectivity index (χ3n) is 2.66. The molecule has 1 aliphatic heterocycles. The van der Waals surface area contributed by atoms with Crippen LogP contribution in [0.25, 0.3) is 0 Å². The van der Waals surface area contributed by atoms with Gasteiger partial charge in [0.25, 0.3) is 0 Å². The number of halogens is 3. The first-order valence-electron chi connectivity index (χ1n) is 5.67. The lowest BCUT2D eigenvalue weighted by Gasteiger charge is -2.33. The molecule has 1 aliphatic rings. The van der Waals surface area contributed by atoms with E-state index in [-0.39, 0.29) is 19.6 Å². The summed E-state index contributed by atoms with van der Waals surface area (Å²) in [6.07, 6.45) is -2.09. The molecule has 0 aromatic carbocycles. The molecule has 106 valence electrons. The van der Waals surface area contributed by atoms with E-state index in [1.165, 1.54) is 6.08 Å². The van der Waals surface area contributed by atoms with Crippen LogP contribution >= 0.6 is 0 Å². The van der Waals surface area contributed by atoms with E-state index in [0.717, 1.165) is 0 Å². The highest BCUT2D eigenvalue weighted by Crippen LogP contribution is 2.25. The predicted octanol–water partition coefficient (Wildman–Crippen LogP) is 1.83. The van der Waals surface area contributed by atoms with Gasteiger partial charge in [-0.1, -0.05) is 18.7 Å². The van der Waals surface area contributed by atoms with Crippen molar-refractivity contribution in [3.05, 3.63) is 24.3 Å². The Hall–Kier alpha value is -1.79. The summed E-state index contributed by atoms with van der Waals surface area (Å²) < 4.78 is 42.2. The second-order valence-corrected chi connectivity index (χ2v) is 3.92. The van der Waals surface area contributed by atoms with Gasteiger partial charge in [-0.25, -0.2) is 4.79 Å². The van der Waals surface area contributed by atoms with E-state index in [4.69, 9.17) is 0 Å². The first kappa shape index (κ1) is 15.3. The van der Waals surface area contributed by atoms with E-state index < -0.39 is 24.1 Å². The van der Waals surface area contributed by atoms with Gasteiger partial charge >= 0.3 is 18.1 Å². The molecule has 7 heteroatoms. The Kier molecular flexibility index (Phi) is 4.74. The Labute approximate surface area is 108 Å². The van der Waals surface area contributed by atoms with E-state index in [0.29, 0.717) is 10.5 Å². The van der Waals surface area contributed by atoms with E-state index in [9.17, 15) is 22.8 Å². The molecule has 0 saturated heterocycles. The van der Waals surface area contributed by atoms with Crippen LogP contribution in [0.5, 0.6) is 0 Å². The van der Waals surface area contributed by atoms with Gasteiger partial charge in [-0.3, -0.25) is 4.79 Å². The van der Waals surface area contributed by atoms with Gasteiger partial charge in [-0.05, 0) is 18.9 Å². The number of amides is 1. The van der Waals surface area contributed by atoms with E-state index in [1.807, 2.05) is 0 Å². The SMILES string of the molecule is C=CC1=CCC(C(=O)OCC)N(C(=O)C(F)(F)F)C1. The van der Waals surface area contributed by atoms with Gasteiger partial charge in [0.15, 0.2) is 0 Å². The number of ether oxygens (including phenoxy) is 1. The molecule has 0 fully saturated rings. The van der Waals surface area contributed by atoms with Crippen LogP contribution in [0.3, 0.4) is 0 Å². The maximum Gasteiger partial charge on any atom is 0.471 e. The first-order valence-corrected chi connectivity index (χ1v) is 5.67. The van der Waals surface area contributed by atoms with Crippen molar-refractivity contribution in [3.63, 3.8) is 0 Å². The zero-order chi connectivity index (χ0) is 14.6. The van der Waals surface area contributed by atoms with E-state index in [2.05, 4.69) is 11.3 Å². The largest absolute Gasteiger partial charge is 0.471 e. The van der Waals surface area contributed by atoms with Crippen LogP contribution in [0.2, 0.25) is 0 Å². The van der Waals surface area contributed by atoms with E-state index >= 15 is 0 Å². The number of hydrogen-bond acceptors (Lipinski definition) is 3. The Morgan fingerprint density at radius 3 is 2.68 bits per heavy atom. The lowest BCUT2D eigenvalue weighted by Crippen LogP contribution is -2.52. The zero-order valence-corrected chi connectivity index (χ0v) is 10.4. The summed E-state index contributed by atoms with van der Waals surface area (Å²) in [5.41, 5.74) is 0.471. The third kappa shape index (κ3) is 3.59. The Morgan fingerprint density at radius 2 is 2.21 bits per heavy atom. The van der Waals surface area contributed by atoms with Crippen LogP contribution in [0.1, 0.15) is 13.3 Å². The van der Waals surface area contributed by atoms with Gasteiger partial charge < -0.3 is 9.64 Å². The van der Waals surface area contributed by atoms with E-state index in [1.54, 1.807) is 13.0 Å². The molecule has 1 amide bonds. The summed E-state index contributed by atoms with van der Waals surface area (Å²) in [5, 5.41) is 0. The molecular formula is C12H14F3NO3. The van der Waals surface area contributed by atoms with Gasteiger partial charge in [0.05, 0.1) is 6.61 Å². The molecule has 0 spiro atoms. The van der Waals surface area contributed by atoms with Crippen molar-refractivity contribution >= 4 is 11.9 Å². The molecule has 0 N–H and O–H groups in total. The number of carbonyl (C=O) groups is 2. The zero-order valence-electron chi connectivity index (χ0n) is 10.4. The number of rotatable bonds is 3. The molecule has 1 rings (SSSR count). The summed E-state index contributed by atoms with van der Waals surface area (Å²) in [6, 6.07) is -1.24. The van der Waals surface area contributed by atoms with Crippen LogP contribution in [-0.4, -0.2) is 42.1 Å². The molecule has 0 bridgehead atoms. The van der Waals surface area contributed by atoms with Crippen molar-refractivity contribution in [2.75, 3.05) is 13.2 Å². The Morgan fingerprint density at radius 1 is 1.58 bits per heavy atom. The smallest absolute Gasteiger partial charge is 0.464 e. The molecular weight excluding hydrogens is 263 g/mol. The van der Waals surface area contributed by atoms with Crippen molar-refractivity contribution in [1.29, 1.82) is 0 Å². The van der Waals surface area contributed by atoms with Crippen LogP contribution in [0.4, 0.5) is 13.2 Å². The maximum atomic E-state index is 12.5. The number of alkyl halides is 3. The molecule has 19 heavy (non-hydrogen) atoms. The molecule has 0 aromatic rings. The minimum atomic E-state index is -5.02.